The largest absolute Gasteiger partial charge is 0.459 e. The lowest BCUT2D eigenvalue weighted by Gasteiger charge is -2.23. The molecule has 0 saturated carbocycles. The number of hydrogen-bond acceptors (Lipinski definition) is 5. The van der Waals surface area contributed by atoms with Gasteiger partial charge in [-0.1, -0.05) is 0 Å². The second kappa shape index (κ2) is 8.08. The number of fused-ring (bicyclic) bond motifs is 2. The summed E-state index contributed by atoms with van der Waals surface area (Å²) in [4.78, 5) is 20.2. The molecule has 2 saturated heterocycles. The summed E-state index contributed by atoms with van der Waals surface area (Å²) in [6.07, 6.45) is 3.46. The first-order valence-electron chi connectivity index (χ1n) is 8.19. The van der Waals surface area contributed by atoms with E-state index in [4.69, 9.17) is 4.42 Å². The van der Waals surface area contributed by atoms with E-state index in [1.807, 2.05) is 30.9 Å². The number of nitrogens with one attached hydrogen (secondary N) is 1. The van der Waals surface area contributed by atoms with Crippen molar-refractivity contribution in [3.8, 4) is 10.8 Å². The highest BCUT2D eigenvalue weighted by Crippen LogP contribution is 2.31. The first kappa shape index (κ1) is 20.2. The Hall–Kier alpha value is -1.08. The summed E-state index contributed by atoms with van der Waals surface area (Å²) in [7, 11) is 0. The molecule has 0 spiro atoms. The third kappa shape index (κ3) is 4.03. The predicted octanol–water partition coefficient (Wildman–Crippen LogP) is 3.83. The van der Waals surface area contributed by atoms with Crippen LogP contribution in [-0.2, 0) is 0 Å². The maximum atomic E-state index is 12.9. The summed E-state index contributed by atoms with van der Waals surface area (Å²) in [5, 5.41) is 4.40. The fraction of sp³-hybridized carbons (Fsp3) is 0.529. The lowest BCUT2D eigenvalue weighted by Crippen LogP contribution is -2.39. The number of hydrogen-bond donors (Lipinski definition) is 1. The van der Waals surface area contributed by atoms with Gasteiger partial charge in [0.15, 0.2) is 10.8 Å². The van der Waals surface area contributed by atoms with E-state index in [1.54, 1.807) is 0 Å². The number of aromatic nitrogens is 1. The number of amides is 1. The monoisotopic (exact) mass is 403 g/mol. The fourth-order valence-corrected chi connectivity index (χ4v) is 4.52. The van der Waals surface area contributed by atoms with Gasteiger partial charge in [-0.05, 0) is 45.2 Å². The van der Waals surface area contributed by atoms with Crippen molar-refractivity contribution in [3.05, 3.63) is 28.5 Å². The molecule has 2 aliphatic rings. The normalized spacial score (nSPS) is 22.1. The Morgan fingerprint density at radius 2 is 2.00 bits per heavy atom. The summed E-state index contributed by atoms with van der Waals surface area (Å²) in [6.45, 7) is 5.46. The van der Waals surface area contributed by atoms with E-state index in [-0.39, 0.29) is 30.7 Å². The molecule has 5 nitrogen and oxygen atoms in total. The second-order valence-corrected chi connectivity index (χ2v) is 7.52. The van der Waals surface area contributed by atoms with Crippen molar-refractivity contribution in [2.75, 3.05) is 13.1 Å². The molecular weight excluding hydrogens is 381 g/mol. The Bertz CT molecular complexity index is 746. The van der Waals surface area contributed by atoms with Gasteiger partial charge >= 0.3 is 0 Å². The molecule has 138 valence electrons. The maximum Gasteiger partial charge on any atom is 0.265 e. The molecule has 0 aromatic carbocycles. The lowest BCUT2D eigenvalue weighted by molar-refractivity contribution is 0.0752. The SMILES string of the molecule is Cc1ccc(-c2nc(C)c(C(=O)N3CCC4CCC(C3)N4)s2)o1.Cl.Cl. The van der Waals surface area contributed by atoms with E-state index in [0.717, 1.165) is 46.6 Å². The van der Waals surface area contributed by atoms with E-state index in [0.29, 0.717) is 12.1 Å². The second-order valence-electron chi connectivity index (χ2n) is 6.52. The molecule has 2 aliphatic heterocycles. The number of rotatable bonds is 2. The quantitative estimate of drug-likeness (QED) is 0.827. The molecule has 2 unspecified atom stereocenters. The number of furan rings is 1. The first-order valence-corrected chi connectivity index (χ1v) is 9.01. The Balaban J connectivity index is 0.00000113. The molecule has 2 aromatic rings. The van der Waals surface area contributed by atoms with Crippen molar-refractivity contribution in [1.82, 2.24) is 15.2 Å². The zero-order chi connectivity index (χ0) is 16.0. The van der Waals surface area contributed by atoms with Gasteiger partial charge in [0.2, 0.25) is 0 Å². The molecule has 2 fully saturated rings. The zero-order valence-corrected chi connectivity index (χ0v) is 16.7. The number of carbonyl (C=O) groups is 1. The average Bonchev–Trinajstić information content (AvgIpc) is 3.18. The van der Waals surface area contributed by atoms with E-state index in [1.165, 1.54) is 24.2 Å². The molecule has 4 heterocycles. The van der Waals surface area contributed by atoms with Crippen LogP contribution < -0.4 is 5.32 Å². The first-order chi connectivity index (χ1) is 11.1. The van der Waals surface area contributed by atoms with Crippen LogP contribution in [0.1, 0.15) is 40.4 Å². The minimum Gasteiger partial charge on any atom is -0.459 e. The Morgan fingerprint density at radius 1 is 1.24 bits per heavy atom. The topological polar surface area (TPSA) is 58.4 Å². The molecular formula is C17H23Cl2N3O2S. The van der Waals surface area contributed by atoms with Gasteiger partial charge in [0.1, 0.15) is 10.6 Å². The Morgan fingerprint density at radius 3 is 2.72 bits per heavy atom. The molecule has 0 aliphatic carbocycles. The minimum atomic E-state index is 0. The molecule has 1 amide bonds. The summed E-state index contributed by atoms with van der Waals surface area (Å²) in [5.74, 6) is 1.71. The molecule has 0 radical (unpaired) electrons. The van der Waals surface area contributed by atoms with Gasteiger partial charge in [-0.2, -0.15) is 0 Å². The van der Waals surface area contributed by atoms with Crippen LogP contribution in [0.4, 0.5) is 0 Å². The van der Waals surface area contributed by atoms with Crippen molar-refractivity contribution in [2.45, 2.75) is 45.2 Å². The minimum absolute atomic E-state index is 0. The summed E-state index contributed by atoms with van der Waals surface area (Å²) in [6, 6.07) is 4.87. The highest BCUT2D eigenvalue weighted by atomic mass is 35.5. The third-order valence-electron chi connectivity index (χ3n) is 4.75. The number of thiazole rings is 1. The summed E-state index contributed by atoms with van der Waals surface area (Å²) < 4.78 is 5.64. The molecule has 2 bridgehead atoms. The van der Waals surface area contributed by atoms with Crippen LogP contribution in [0.2, 0.25) is 0 Å². The van der Waals surface area contributed by atoms with Crippen LogP contribution in [0.15, 0.2) is 16.5 Å². The van der Waals surface area contributed by atoms with Gasteiger partial charge in [0.05, 0.1) is 5.69 Å². The third-order valence-corrected chi connectivity index (χ3v) is 5.91. The predicted molar refractivity (Wildman–Crippen MR) is 104 cm³/mol. The highest BCUT2D eigenvalue weighted by Gasteiger charge is 2.32. The molecule has 25 heavy (non-hydrogen) atoms. The number of aryl methyl sites for hydroxylation is 2. The highest BCUT2D eigenvalue weighted by molar-refractivity contribution is 7.17. The number of halogens is 2. The molecule has 2 atom stereocenters. The van der Waals surface area contributed by atoms with Crippen molar-refractivity contribution in [1.29, 1.82) is 0 Å². The van der Waals surface area contributed by atoms with E-state index in [9.17, 15) is 4.79 Å². The zero-order valence-electron chi connectivity index (χ0n) is 14.3. The van der Waals surface area contributed by atoms with E-state index >= 15 is 0 Å². The molecule has 8 heteroatoms. The smallest absolute Gasteiger partial charge is 0.265 e. The van der Waals surface area contributed by atoms with Crippen LogP contribution in [0.25, 0.3) is 10.8 Å². The molecule has 2 aromatic heterocycles. The fourth-order valence-electron chi connectivity index (χ4n) is 3.52. The maximum absolute atomic E-state index is 12.9. The Labute approximate surface area is 164 Å². The van der Waals surface area contributed by atoms with Crippen LogP contribution in [-0.4, -0.2) is 41.0 Å². The summed E-state index contributed by atoms with van der Waals surface area (Å²) in [5.41, 5.74) is 0.798. The van der Waals surface area contributed by atoms with E-state index < -0.39 is 0 Å². The van der Waals surface area contributed by atoms with Crippen molar-refractivity contribution in [3.63, 3.8) is 0 Å². The van der Waals surface area contributed by atoms with Gasteiger partial charge in [-0.3, -0.25) is 4.79 Å². The summed E-state index contributed by atoms with van der Waals surface area (Å²) >= 11 is 1.44. The van der Waals surface area contributed by atoms with Crippen molar-refractivity contribution >= 4 is 42.1 Å². The van der Waals surface area contributed by atoms with Crippen LogP contribution >= 0.6 is 36.2 Å². The van der Waals surface area contributed by atoms with Crippen LogP contribution in [0.3, 0.4) is 0 Å². The van der Waals surface area contributed by atoms with E-state index in [2.05, 4.69) is 10.3 Å². The van der Waals surface area contributed by atoms with Crippen molar-refractivity contribution < 1.29 is 9.21 Å². The van der Waals surface area contributed by atoms with Gasteiger partial charge in [0, 0.05) is 25.2 Å². The van der Waals surface area contributed by atoms with Gasteiger partial charge < -0.3 is 14.6 Å². The van der Waals surface area contributed by atoms with Gasteiger partial charge in [-0.15, -0.1) is 36.2 Å². The van der Waals surface area contributed by atoms with Gasteiger partial charge in [0.25, 0.3) is 5.91 Å². The lowest BCUT2D eigenvalue weighted by atomic mass is 10.1. The molecule has 1 N–H and O–H groups in total. The standard InChI is InChI=1S/C17H21N3O2S.2ClH/c1-10-3-6-14(22-10)16-18-11(2)15(23-16)17(21)20-8-7-12-4-5-13(9-20)19-12;;/h3,6,12-13,19H,4-5,7-9H2,1-2H3;2*1H. The number of likely N-dealkylation sites (tertiary alicyclic amines) is 1. The van der Waals surface area contributed by atoms with Crippen molar-refractivity contribution in [2.24, 2.45) is 0 Å². The van der Waals surface area contributed by atoms with Gasteiger partial charge in [-0.25, -0.2) is 4.98 Å². The number of carbonyl (C=O) groups excluding carboxylic acids is 1. The van der Waals surface area contributed by atoms with Crippen LogP contribution in [0.5, 0.6) is 0 Å². The number of nitrogens with zero attached hydrogens (tertiary/aromatic N) is 2. The Kier molecular flexibility index (Phi) is 6.54. The molecule has 4 rings (SSSR count). The van der Waals surface area contributed by atoms with Crippen LogP contribution in [0, 0.1) is 13.8 Å². The average molecular weight is 404 g/mol.